The number of nitrogens with zero attached hydrogens (tertiary/aromatic N) is 2. The smallest absolute Gasteiger partial charge is 0.325 e. The van der Waals surface area contributed by atoms with Crippen LogP contribution >= 0.6 is 45.7 Å². The number of anilines is 1. The van der Waals surface area contributed by atoms with Crippen LogP contribution in [0.5, 0.6) is 0 Å². The van der Waals surface area contributed by atoms with Gasteiger partial charge in [0, 0.05) is 15.5 Å². The van der Waals surface area contributed by atoms with Crippen molar-refractivity contribution in [2.75, 3.05) is 11.1 Å². The third-order valence-corrected chi connectivity index (χ3v) is 7.27. The summed E-state index contributed by atoms with van der Waals surface area (Å²) in [5.74, 6) is -0.366. The van der Waals surface area contributed by atoms with E-state index in [0.717, 1.165) is 37.2 Å². The zero-order valence-corrected chi connectivity index (χ0v) is 20.6. The van der Waals surface area contributed by atoms with E-state index in [-0.39, 0.29) is 11.4 Å². The molecular formula is C23H15F3IN3OS2. The Labute approximate surface area is 209 Å². The van der Waals surface area contributed by atoms with Crippen LogP contribution in [0, 0.1) is 3.57 Å². The van der Waals surface area contributed by atoms with Crippen molar-refractivity contribution in [1.29, 1.82) is 0 Å². The van der Waals surface area contributed by atoms with Crippen molar-refractivity contribution in [3.05, 3.63) is 81.4 Å². The Kier molecular flexibility index (Phi) is 7.35. The quantitative estimate of drug-likeness (QED) is 0.143. The van der Waals surface area contributed by atoms with Crippen molar-refractivity contribution in [1.82, 2.24) is 4.98 Å². The van der Waals surface area contributed by atoms with Crippen molar-refractivity contribution in [3.8, 4) is 0 Å². The topological polar surface area (TPSA) is 54.4 Å². The molecule has 4 nitrogen and oxygen atoms in total. The second kappa shape index (κ2) is 10.2. The molecule has 4 rings (SSSR count). The van der Waals surface area contributed by atoms with Gasteiger partial charge < -0.3 is 5.32 Å². The molecule has 0 aliphatic heterocycles. The first-order chi connectivity index (χ1) is 15.8. The van der Waals surface area contributed by atoms with Crippen LogP contribution in [0.25, 0.3) is 10.2 Å². The van der Waals surface area contributed by atoms with Crippen molar-refractivity contribution < 1.29 is 18.0 Å². The second-order valence-electron chi connectivity index (χ2n) is 6.86. The molecule has 0 atom stereocenters. The van der Waals surface area contributed by atoms with E-state index in [1.807, 2.05) is 42.5 Å². The van der Waals surface area contributed by atoms with Crippen LogP contribution < -0.4 is 5.32 Å². The lowest BCUT2D eigenvalue weighted by Crippen LogP contribution is -2.14. The number of carbonyl (C=O) groups is 1. The summed E-state index contributed by atoms with van der Waals surface area (Å²) >= 11 is 4.92. The van der Waals surface area contributed by atoms with Crippen molar-refractivity contribution >= 4 is 79.4 Å². The van der Waals surface area contributed by atoms with Gasteiger partial charge in [0.25, 0.3) is 0 Å². The highest BCUT2D eigenvalue weighted by Gasteiger charge is 2.30. The van der Waals surface area contributed by atoms with Gasteiger partial charge in [0.1, 0.15) is 0 Å². The van der Waals surface area contributed by atoms with E-state index in [0.29, 0.717) is 4.34 Å². The summed E-state index contributed by atoms with van der Waals surface area (Å²) in [4.78, 5) is 21.2. The van der Waals surface area contributed by atoms with Crippen LogP contribution in [-0.2, 0) is 11.0 Å². The highest BCUT2D eigenvalue weighted by molar-refractivity contribution is 14.1. The predicted octanol–water partition coefficient (Wildman–Crippen LogP) is 7.40. The summed E-state index contributed by atoms with van der Waals surface area (Å²) in [6, 6.07) is 18.3. The van der Waals surface area contributed by atoms with Gasteiger partial charge in [0.05, 0.1) is 27.2 Å². The molecule has 1 amide bonds. The third kappa shape index (κ3) is 6.55. The molecular weight excluding hydrogens is 582 g/mol. The maximum absolute atomic E-state index is 12.8. The fraction of sp³-hybridized carbons (Fsp3) is 0.0870. The molecule has 0 bridgehead atoms. The standard InChI is InChI=1S/C23H15F3IN3OS2/c24-23(25,26)15-2-1-3-18(10-15)29-21(31)13-32-22-30-19-9-8-17(11-20(19)33-22)28-12-14-4-6-16(27)7-5-14/h1-12H,13H2,(H,29,31). The molecule has 0 saturated carbocycles. The lowest BCUT2D eigenvalue weighted by atomic mass is 10.2. The fourth-order valence-corrected chi connectivity index (χ4v) is 5.09. The van der Waals surface area contributed by atoms with Gasteiger partial charge in [0.15, 0.2) is 4.34 Å². The van der Waals surface area contributed by atoms with E-state index in [1.54, 1.807) is 6.21 Å². The van der Waals surface area contributed by atoms with E-state index >= 15 is 0 Å². The number of fused-ring (bicyclic) bond motifs is 1. The number of nitrogens with one attached hydrogen (secondary N) is 1. The molecule has 1 N–H and O–H groups in total. The fourth-order valence-electron chi connectivity index (χ4n) is 2.83. The molecule has 33 heavy (non-hydrogen) atoms. The van der Waals surface area contributed by atoms with Gasteiger partial charge in [-0.2, -0.15) is 13.2 Å². The largest absolute Gasteiger partial charge is 0.416 e. The Morgan fingerprint density at radius 2 is 1.91 bits per heavy atom. The van der Waals surface area contributed by atoms with Crippen LogP contribution in [0.2, 0.25) is 0 Å². The predicted molar refractivity (Wildman–Crippen MR) is 137 cm³/mol. The van der Waals surface area contributed by atoms with Gasteiger partial charge in [0.2, 0.25) is 5.91 Å². The van der Waals surface area contributed by atoms with E-state index in [9.17, 15) is 18.0 Å². The maximum Gasteiger partial charge on any atom is 0.416 e. The molecule has 168 valence electrons. The third-order valence-electron chi connectivity index (χ3n) is 4.39. The minimum Gasteiger partial charge on any atom is -0.325 e. The molecule has 0 radical (unpaired) electrons. The van der Waals surface area contributed by atoms with Crippen LogP contribution in [0.3, 0.4) is 0 Å². The van der Waals surface area contributed by atoms with Crippen LogP contribution in [0.4, 0.5) is 24.5 Å². The second-order valence-corrected chi connectivity index (χ2v) is 10.4. The number of carbonyl (C=O) groups excluding carboxylic acids is 1. The maximum atomic E-state index is 12.8. The summed E-state index contributed by atoms with van der Waals surface area (Å²) in [5.41, 5.74) is 1.90. The van der Waals surface area contributed by atoms with Gasteiger partial charge >= 0.3 is 6.18 Å². The Morgan fingerprint density at radius 1 is 1.12 bits per heavy atom. The Balaban J connectivity index is 1.38. The molecule has 1 aromatic heterocycles. The summed E-state index contributed by atoms with van der Waals surface area (Å²) in [6.07, 6.45) is -2.66. The summed E-state index contributed by atoms with van der Waals surface area (Å²) in [5, 5.41) is 2.50. The number of halogens is 4. The number of aliphatic imine (C=N–C) groups is 1. The highest BCUT2D eigenvalue weighted by atomic mass is 127. The number of alkyl halides is 3. The molecule has 0 aliphatic rings. The molecule has 10 heteroatoms. The molecule has 0 unspecified atom stereocenters. The number of hydrogen-bond acceptors (Lipinski definition) is 5. The van der Waals surface area contributed by atoms with Gasteiger partial charge in [-0.25, -0.2) is 4.98 Å². The van der Waals surface area contributed by atoms with E-state index in [2.05, 4.69) is 37.9 Å². The highest BCUT2D eigenvalue weighted by Crippen LogP contribution is 2.33. The van der Waals surface area contributed by atoms with Crippen LogP contribution in [0.1, 0.15) is 11.1 Å². The molecule has 0 fully saturated rings. The number of rotatable bonds is 6. The van der Waals surface area contributed by atoms with Gasteiger partial charge in [-0.1, -0.05) is 30.0 Å². The van der Waals surface area contributed by atoms with Crippen molar-refractivity contribution in [2.24, 2.45) is 4.99 Å². The molecule has 0 saturated heterocycles. The molecule has 1 heterocycles. The summed E-state index contributed by atoms with van der Waals surface area (Å²) < 4.78 is 41.3. The zero-order valence-electron chi connectivity index (χ0n) is 16.8. The van der Waals surface area contributed by atoms with Crippen molar-refractivity contribution in [3.63, 3.8) is 0 Å². The van der Waals surface area contributed by atoms with Crippen molar-refractivity contribution in [2.45, 2.75) is 10.5 Å². The lowest BCUT2D eigenvalue weighted by molar-refractivity contribution is -0.137. The van der Waals surface area contributed by atoms with Gasteiger partial charge in [-0.3, -0.25) is 9.79 Å². The van der Waals surface area contributed by atoms with Gasteiger partial charge in [-0.15, -0.1) is 11.3 Å². The lowest BCUT2D eigenvalue weighted by Gasteiger charge is -2.09. The van der Waals surface area contributed by atoms with Gasteiger partial charge in [-0.05, 0) is 76.7 Å². The average Bonchev–Trinajstić information content (AvgIpc) is 3.19. The molecule has 3 aromatic carbocycles. The average molecular weight is 597 g/mol. The Hall–Kier alpha value is -2.44. The first kappa shape index (κ1) is 23.7. The minimum atomic E-state index is -4.46. The summed E-state index contributed by atoms with van der Waals surface area (Å²) in [6.45, 7) is 0. The first-order valence-electron chi connectivity index (χ1n) is 9.56. The van der Waals surface area contributed by atoms with E-state index in [1.165, 1.54) is 35.2 Å². The van der Waals surface area contributed by atoms with E-state index in [4.69, 9.17) is 0 Å². The number of hydrogen-bond donors (Lipinski definition) is 1. The Bertz CT molecular complexity index is 1320. The Morgan fingerprint density at radius 3 is 2.67 bits per heavy atom. The number of benzene rings is 3. The van der Waals surface area contributed by atoms with E-state index < -0.39 is 17.6 Å². The normalized spacial score (nSPS) is 11.9. The monoisotopic (exact) mass is 597 g/mol. The number of amides is 1. The number of thioether (sulfide) groups is 1. The number of thiazole rings is 1. The van der Waals surface area contributed by atoms with Crippen LogP contribution in [-0.4, -0.2) is 22.9 Å². The molecule has 0 aliphatic carbocycles. The minimum absolute atomic E-state index is 0.0356. The zero-order chi connectivity index (χ0) is 23.4. The SMILES string of the molecule is O=C(CSc1nc2ccc(N=Cc3ccc(I)cc3)cc2s1)Nc1cccc(C(F)(F)F)c1. The first-order valence-corrected chi connectivity index (χ1v) is 12.4. The molecule has 0 spiro atoms. The molecule has 4 aromatic rings. The summed E-state index contributed by atoms with van der Waals surface area (Å²) in [7, 11) is 0. The number of aromatic nitrogens is 1. The van der Waals surface area contributed by atoms with Crippen LogP contribution in [0.15, 0.2) is 76.1 Å².